The first kappa shape index (κ1) is 20.5. The first-order chi connectivity index (χ1) is 11.9. The van der Waals surface area contributed by atoms with Crippen molar-refractivity contribution in [2.75, 3.05) is 20.2 Å². The molecule has 0 spiro atoms. The summed E-state index contributed by atoms with van der Waals surface area (Å²) in [6.07, 6.45) is 6.87. The molecular weight excluding hydrogens is 373 g/mol. The highest BCUT2D eigenvalue weighted by Gasteiger charge is 2.28. The number of halogens is 2. The van der Waals surface area contributed by atoms with Crippen LogP contribution in [0.4, 0.5) is 0 Å². The highest BCUT2D eigenvalue weighted by molar-refractivity contribution is 5.85. The topological polar surface area (TPSA) is 56.9 Å². The minimum absolute atomic E-state index is 0. The Morgan fingerprint density at radius 3 is 2.69 bits per heavy atom. The summed E-state index contributed by atoms with van der Waals surface area (Å²) in [5.41, 5.74) is 2.00. The largest absolute Gasteiger partial charge is 0.379 e. The number of para-hydroxylation sites is 1. The van der Waals surface area contributed by atoms with E-state index in [1.54, 1.807) is 7.11 Å². The quantitative estimate of drug-likeness (QED) is 0.736. The number of nitrogens with zero attached hydrogens (tertiary/aromatic N) is 4. The van der Waals surface area contributed by atoms with Crippen molar-refractivity contribution >= 4 is 24.8 Å². The summed E-state index contributed by atoms with van der Waals surface area (Å²) in [5, 5.41) is 7.94. The molecule has 3 heterocycles. The van der Waals surface area contributed by atoms with Crippen LogP contribution in [-0.4, -0.2) is 45.6 Å². The first-order valence-electron chi connectivity index (χ1n) is 8.24. The Morgan fingerprint density at radius 2 is 1.92 bits per heavy atom. The summed E-state index contributed by atoms with van der Waals surface area (Å²) in [4.78, 5) is 4.61. The molecule has 0 bridgehead atoms. The molecule has 1 aliphatic heterocycles. The van der Waals surface area contributed by atoms with E-state index in [9.17, 15) is 0 Å². The van der Waals surface area contributed by atoms with E-state index >= 15 is 0 Å². The summed E-state index contributed by atoms with van der Waals surface area (Å²) in [6.45, 7) is 1.86. The normalized spacial score (nSPS) is 19.4. The zero-order valence-electron chi connectivity index (χ0n) is 14.5. The van der Waals surface area contributed by atoms with E-state index in [0.717, 1.165) is 36.7 Å². The molecule has 6 nitrogen and oxygen atoms in total. The van der Waals surface area contributed by atoms with Crippen LogP contribution in [0, 0.1) is 0 Å². The fraction of sp³-hybridized carbons (Fsp3) is 0.333. The smallest absolute Gasteiger partial charge is 0.159 e. The van der Waals surface area contributed by atoms with Crippen molar-refractivity contribution in [1.82, 2.24) is 24.6 Å². The van der Waals surface area contributed by atoms with Crippen LogP contribution in [0.2, 0.25) is 0 Å². The molecule has 1 saturated heterocycles. The van der Waals surface area contributed by atoms with E-state index in [4.69, 9.17) is 4.74 Å². The first-order valence-corrected chi connectivity index (χ1v) is 8.24. The molecule has 26 heavy (non-hydrogen) atoms. The van der Waals surface area contributed by atoms with Gasteiger partial charge >= 0.3 is 0 Å². The highest BCUT2D eigenvalue weighted by Crippen LogP contribution is 2.27. The molecule has 0 saturated carbocycles. The molecule has 4 rings (SSSR count). The molecular formula is C18H23Cl2N5O. The summed E-state index contributed by atoms with van der Waals surface area (Å²) < 4.78 is 9.84. The van der Waals surface area contributed by atoms with E-state index in [2.05, 4.69) is 20.0 Å². The number of hydrogen-bond donors (Lipinski definition) is 1. The van der Waals surface area contributed by atoms with Crippen LogP contribution in [0.15, 0.2) is 55.0 Å². The van der Waals surface area contributed by atoms with Crippen molar-refractivity contribution in [2.24, 2.45) is 0 Å². The maximum absolute atomic E-state index is 5.70. The number of ether oxygens (including phenoxy) is 1. The Kier molecular flexibility index (Phi) is 7.23. The van der Waals surface area contributed by atoms with Crippen molar-refractivity contribution in [3.05, 3.63) is 55.0 Å². The van der Waals surface area contributed by atoms with Gasteiger partial charge in [0, 0.05) is 26.0 Å². The van der Waals surface area contributed by atoms with E-state index in [0.29, 0.717) is 0 Å². The van der Waals surface area contributed by atoms with Gasteiger partial charge in [0.2, 0.25) is 0 Å². The number of imidazole rings is 1. The molecule has 1 aromatic carbocycles. The molecule has 2 aromatic heterocycles. The fourth-order valence-electron chi connectivity index (χ4n) is 3.40. The van der Waals surface area contributed by atoms with Gasteiger partial charge in [0.1, 0.15) is 5.69 Å². The van der Waals surface area contributed by atoms with E-state index in [-0.39, 0.29) is 37.0 Å². The number of nitrogens with one attached hydrogen (secondary N) is 1. The summed E-state index contributed by atoms with van der Waals surface area (Å²) in [6, 6.07) is 12.3. The molecule has 1 aliphatic rings. The molecule has 140 valence electrons. The SMILES string of the molecule is CO[C@H]1CCNC[C@H]1n1ccnc1-c1ccnn1-c1ccccc1.Cl.Cl. The summed E-state index contributed by atoms with van der Waals surface area (Å²) in [7, 11) is 1.79. The molecule has 0 aliphatic carbocycles. The molecule has 0 amide bonds. The second-order valence-electron chi connectivity index (χ2n) is 5.96. The van der Waals surface area contributed by atoms with Crippen LogP contribution >= 0.6 is 24.8 Å². The van der Waals surface area contributed by atoms with E-state index < -0.39 is 0 Å². The molecule has 3 aromatic rings. The Labute approximate surface area is 165 Å². The molecule has 2 atom stereocenters. The van der Waals surface area contributed by atoms with Crippen LogP contribution < -0.4 is 5.32 Å². The Balaban J connectivity index is 0.00000121. The summed E-state index contributed by atoms with van der Waals surface area (Å²) >= 11 is 0. The Morgan fingerprint density at radius 1 is 1.12 bits per heavy atom. The van der Waals surface area contributed by atoms with Gasteiger partial charge in [0.15, 0.2) is 5.82 Å². The maximum Gasteiger partial charge on any atom is 0.159 e. The van der Waals surface area contributed by atoms with Crippen LogP contribution in [0.25, 0.3) is 17.2 Å². The lowest BCUT2D eigenvalue weighted by molar-refractivity contribution is 0.0365. The zero-order chi connectivity index (χ0) is 16.4. The third-order valence-corrected chi connectivity index (χ3v) is 4.59. The Bertz CT molecular complexity index is 805. The predicted molar refractivity (Wildman–Crippen MR) is 107 cm³/mol. The lowest BCUT2D eigenvalue weighted by Crippen LogP contribution is -2.42. The average Bonchev–Trinajstić information content (AvgIpc) is 3.31. The van der Waals surface area contributed by atoms with Gasteiger partial charge in [-0.1, -0.05) is 18.2 Å². The number of hydrogen-bond acceptors (Lipinski definition) is 4. The van der Waals surface area contributed by atoms with Crippen LogP contribution in [0.1, 0.15) is 12.5 Å². The fourth-order valence-corrected chi connectivity index (χ4v) is 3.40. The van der Waals surface area contributed by atoms with Crippen molar-refractivity contribution in [3.8, 4) is 17.2 Å². The van der Waals surface area contributed by atoms with Crippen molar-refractivity contribution in [3.63, 3.8) is 0 Å². The molecule has 0 radical (unpaired) electrons. The second kappa shape index (κ2) is 9.19. The maximum atomic E-state index is 5.70. The predicted octanol–water partition coefficient (Wildman–Crippen LogP) is 3.13. The third kappa shape index (κ3) is 3.78. The zero-order valence-corrected chi connectivity index (χ0v) is 16.1. The van der Waals surface area contributed by atoms with Gasteiger partial charge in [0.25, 0.3) is 0 Å². The van der Waals surface area contributed by atoms with E-state index in [1.807, 2.05) is 59.7 Å². The van der Waals surface area contributed by atoms with Gasteiger partial charge in [-0.2, -0.15) is 5.10 Å². The van der Waals surface area contributed by atoms with Gasteiger partial charge in [0.05, 0.1) is 24.0 Å². The molecule has 8 heteroatoms. The van der Waals surface area contributed by atoms with Crippen molar-refractivity contribution in [2.45, 2.75) is 18.6 Å². The van der Waals surface area contributed by atoms with Crippen LogP contribution in [0.5, 0.6) is 0 Å². The number of rotatable bonds is 4. The van der Waals surface area contributed by atoms with Crippen molar-refractivity contribution in [1.29, 1.82) is 0 Å². The van der Waals surface area contributed by atoms with Gasteiger partial charge in [-0.15, -0.1) is 24.8 Å². The Hall–Kier alpha value is -1.86. The minimum atomic E-state index is 0. The standard InChI is InChI=1S/C18H21N5O.2ClH/c1-24-17-8-9-19-13-16(17)22-12-11-20-18(22)15-7-10-21-23(15)14-5-3-2-4-6-14;;/h2-7,10-12,16-17,19H,8-9,13H2,1H3;2*1H/t16-,17+;;/m1../s1. The van der Waals surface area contributed by atoms with E-state index in [1.165, 1.54) is 0 Å². The number of methoxy groups -OCH3 is 1. The lowest BCUT2D eigenvalue weighted by atomic mass is 10.0. The van der Waals surface area contributed by atoms with Crippen molar-refractivity contribution < 1.29 is 4.74 Å². The molecule has 1 fully saturated rings. The number of aromatic nitrogens is 4. The van der Waals surface area contributed by atoms with Gasteiger partial charge in [-0.05, 0) is 31.2 Å². The third-order valence-electron chi connectivity index (χ3n) is 4.59. The number of benzene rings is 1. The number of piperidine rings is 1. The minimum Gasteiger partial charge on any atom is -0.379 e. The highest BCUT2D eigenvalue weighted by atomic mass is 35.5. The van der Waals surface area contributed by atoms with Gasteiger partial charge in [-0.3, -0.25) is 0 Å². The second-order valence-corrected chi connectivity index (χ2v) is 5.96. The monoisotopic (exact) mass is 395 g/mol. The molecule has 1 N–H and O–H groups in total. The van der Waals surface area contributed by atoms with Gasteiger partial charge in [-0.25, -0.2) is 9.67 Å². The van der Waals surface area contributed by atoms with Crippen LogP contribution in [-0.2, 0) is 4.74 Å². The average molecular weight is 396 g/mol. The van der Waals surface area contributed by atoms with Crippen LogP contribution in [0.3, 0.4) is 0 Å². The molecule has 0 unspecified atom stereocenters. The lowest BCUT2D eigenvalue weighted by Gasteiger charge is -2.32. The van der Waals surface area contributed by atoms with Gasteiger partial charge < -0.3 is 14.6 Å². The summed E-state index contributed by atoms with van der Waals surface area (Å²) in [5.74, 6) is 0.909.